The summed E-state index contributed by atoms with van der Waals surface area (Å²) in [5.74, 6) is 0.0717. The Bertz CT molecular complexity index is 1200. The van der Waals surface area contributed by atoms with Gasteiger partial charge in [-0.25, -0.2) is 8.42 Å². The number of piperazine rings is 1. The Morgan fingerprint density at radius 1 is 1.00 bits per heavy atom. The maximum Gasteiger partial charge on any atom is 0.252 e. The van der Waals surface area contributed by atoms with Crippen molar-refractivity contribution in [2.24, 2.45) is 0 Å². The summed E-state index contributed by atoms with van der Waals surface area (Å²) in [6.07, 6.45) is 0.834. The van der Waals surface area contributed by atoms with E-state index in [2.05, 4.69) is 9.47 Å². The number of rotatable bonds is 7. The molecule has 0 bridgehead atoms. The molecular formula is C24H29N3O3S2. The van der Waals surface area contributed by atoms with Crippen molar-refractivity contribution in [1.82, 2.24) is 13.8 Å². The van der Waals surface area contributed by atoms with E-state index < -0.39 is 10.0 Å². The zero-order valence-corrected chi connectivity index (χ0v) is 20.4. The molecule has 2 aromatic heterocycles. The van der Waals surface area contributed by atoms with Crippen LogP contribution in [-0.4, -0.2) is 60.7 Å². The van der Waals surface area contributed by atoms with Crippen LogP contribution in [0.1, 0.15) is 33.5 Å². The lowest BCUT2D eigenvalue weighted by atomic mass is 10.1. The third kappa shape index (κ3) is 4.45. The highest BCUT2D eigenvalue weighted by molar-refractivity contribution is 7.91. The lowest BCUT2D eigenvalue weighted by Crippen LogP contribution is -2.49. The highest BCUT2D eigenvalue weighted by atomic mass is 32.2. The molecule has 0 spiro atoms. The highest BCUT2D eigenvalue weighted by Gasteiger charge is 2.30. The molecule has 1 fully saturated rings. The maximum atomic E-state index is 13.1. The summed E-state index contributed by atoms with van der Waals surface area (Å²) in [4.78, 5) is 16.2. The molecule has 1 aromatic carbocycles. The number of para-hydroxylation sites is 1. The Balaban J connectivity index is 1.41. The zero-order valence-electron chi connectivity index (χ0n) is 18.7. The number of carbonyl (C=O) groups is 1. The number of sulfonamides is 1. The molecule has 1 saturated heterocycles. The van der Waals surface area contributed by atoms with E-state index in [0.29, 0.717) is 36.9 Å². The van der Waals surface area contributed by atoms with Crippen molar-refractivity contribution in [2.45, 2.75) is 31.4 Å². The summed E-state index contributed by atoms with van der Waals surface area (Å²) in [5.41, 5.74) is 3.73. The van der Waals surface area contributed by atoms with Crippen LogP contribution in [0.2, 0.25) is 0 Å². The number of aryl methyl sites for hydroxylation is 2. The van der Waals surface area contributed by atoms with Crippen LogP contribution in [0.25, 0.3) is 5.69 Å². The summed E-state index contributed by atoms with van der Waals surface area (Å²) in [5, 5.41) is 0. The summed E-state index contributed by atoms with van der Waals surface area (Å²) < 4.78 is 29.9. The minimum absolute atomic E-state index is 0.0717. The molecule has 4 rings (SSSR count). The predicted octanol–water partition coefficient (Wildman–Crippen LogP) is 3.91. The highest BCUT2D eigenvalue weighted by Crippen LogP contribution is 2.26. The van der Waals surface area contributed by atoms with Crippen molar-refractivity contribution in [3.05, 3.63) is 70.4 Å². The lowest BCUT2D eigenvalue weighted by molar-refractivity contribution is 0.0901. The molecule has 3 aromatic rings. The molecule has 8 heteroatoms. The second-order valence-electron chi connectivity index (χ2n) is 8.13. The zero-order chi connectivity index (χ0) is 22.9. The van der Waals surface area contributed by atoms with Gasteiger partial charge in [-0.2, -0.15) is 4.31 Å². The van der Waals surface area contributed by atoms with Crippen LogP contribution < -0.4 is 0 Å². The number of thiophene rings is 1. The molecular weight excluding hydrogens is 442 g/mol. The number of ketones is 1. The Morgan fingerprint density at radius 3 is 2.31 bits per heavy atom. The van der Waals surface area contributed by atoms with Gasteiger partial charge < -0.3 is 4.57 Å². The van der Waals surface area contributed by atoms with Gasteiger partial charge in [0.25, 0.3) is 10.0 Å². The van der Waals surface area contributed by atoms with Gasteiger partial charge in [0.15, 0.2) is 5.78 Å². The van der Waals surface area contributed by atoms with Crippen LogP contribution in [0.5, 0.6) is 0 Å². The standard InChI is InChI=1S/C24H29N3O3S2/c1-4-21-10-11-24(31-21)32(29,30)26-14-12-25(13-15-26)17-23(28)22-16-18(2)27(19(22)3)20-8-6-5-7-9-20/h5-11,16H,4,12-15,17H2,1-3H3. The number of benzene rings is 1. The van der Waals surface area contributed by atoms with Crippen LogP contribution in [-0.2, 0) is 16.4 Å². The SMILES string of the molecule is CCc1ccc(S(=O)(=O)N2CCN(CC(=O)c3cc(C)n(-c4ccccc4)c3C)CC2)s1. The molecule has 6 nitrogen and oxygen atoms in total. The van der Waals surface area contributed by atoms with Crippen molar-refractivity contribution in [3.8, 4) is 5.69 Å². The minimum Gasteiger partial charge on any atom is -0.318 e. The third-order valence-electron chi connectivity index (χ3n) is 6.02. The average molecular weight is 472 g/mol. The molecule has 0 amide bonds. The molecule has 0 aliphatic carbocycles. The van der Waals surface area contributed by atoms with Gasteiger partial charge in [0.2, 0.25) is 0 Å². The predicted molar refractivity (Wildman–Crippen MR) is 128 cm³/mol. The number of hydrogen-bond acceptors (Lipinski definition) is 5. The van der Waals surface area contributed by atoms with Gasteiger partial charge in [0.1, 0.15) is 4.21 Å². The van der Waals surface area contributed by atoms with Gasteiger partial charge in [-0.1, -0.05) is 25.1 Å². The third-order valence-corrected chi connectivity index (χ3v) is 9.62. The Labute approximate surface area is 194 Å². The van der Waals surface area contributed by atoms with E-state index in [9.17, 15) is 13.2 Å². The fourth-order valence-electron chi connectivity index (χ4n) is 4.25. The van der Waals surface area contributed by atoms with Crippen molar-refractivity contribution in [2.75, 3.05) is 32.7 Å². The molecule has 0 radical (unpaired) electrons. The Morgan fingerprint density at radius 2 is 1.69 bits per heavy atom. The minimum atomic E-state index is -3.46. The number of carbonyl (C=O) groups excluding carboxylic acids is 1. The average Bonchev–Trinajstić information content (AvgIpc) is 3.39. The molecule has 0 saturated carbocycles. The van der Waals surface area contributed by atoms with Gasteiger partial charge in [-0.3, -0.25) is 9.69 Å². The Kier molecular flexibility index (Phi) is 6.67. The second kappa shape index (κ2) is 9.31. The van der Waals surface area contributed by atoms with Crippen LogP contribution in [0, 0.1) is 13.8 Å². The smallest absolute Gasteiger partial charge is 0.252 e. The molecule has 0 unspecified atom stereocenters. The quantitative estimate of drug-likeness (QED) is 0.490. The number of aromatic nitrogens is 1. The van der Waals surface area contributed by atoms with E-state index in [1.165, 1.54) is 11.3 Å². The molecule has 1 aliphatic rings. The number of nitrogens with zero attached hydrogens (tertiary/aromatic N) is 3. The summed E-state index contributed by atoms with van der Waals surface area (Å²) in [6, 6.07) is 15.6. The van der Waals surface area contributed by atoms with Gasteiger partial charge in [-0.05, 0) is 50.6 Å². The summed E-state index contributed by atoms with van der Waals surface area (Å²) >= 11 is 1.35. The van der Waals surface area contributed by atoms with E-state index >= 15 is 0 Å². The molecule has 0 N–H and O–H groups in total. The fraction of sp³-hybridized carbons (Fsp3) is 0.375. The lowest BCUT2D eigenvalue weighted by Gasteiger charge is -2.33. The fourth-order valence-corrected chi connectivity index (χ4v) is 7.12. The van der Waals surface area contributed by atoms with Crippen LogP contribution in [0.15, 0.2) is 52.7 Å². The molecule has 170 valence electrons. The molecule has 0 atom stereocenters. The number of hydrogen-bond donors (Lipinski definition) is 0. The van der Waals surface area contributed by atoms with E-state index in [0.717, 1.165) is 33.9 Å². The molecule has 1 aliphatic heterocycles. The van der Waals surface area contributed by atoms with Crippen LogP contribution in [0.3, 0.4) is 0 Å². The first-order valence-corrected chi connectivity index (χ1v) is 13.2. The summed E-state index contributed by atoms with van der Waals surface area (Å²) in [6.45, 7) is 8.21. The van der Waals surface area contributed by atoms with Crippen LogP contribution in [0.4, 0.5) is 0 Å². The monoisotopic (exact) mass is 471 g/mol. The van der Waals surface area contributed by atoms with E-state index in [1.54, 1.807) is 10.4 Å². The van der Waals surface area contributed by atoms with E-state index in [4.69, 9.17) is 0 Å². The van der Waals surface area contributed by atoms with E-state index in [1.807, 2.05) is 63.2 Å². The van der Waals surface area contributed by atoms with Gasteiger partial charge in [-0.15, -0.1) is 11.3 Å². The maximum absolute atomic E-state index is 13.1. The van der Waals surface area contributed by atoms with Crippen molar-refractivity contribution >= 4 is 27.1 Å². The second-order valence-corrected chi connectivity index (χ2v) is 11.5. The van der Waals surface area contributed by atoms with Gasteiger partial charge >= 0.3 is 0 Å². The summed E-state index contributed by atoms with van der Waals surface area (Å²) in [7, 11) is -3.46. The van der Waals surface area contributed by atoms with Gasteiger partial charge in [0.05, 0.1) is 6.54 Å². The first-order chi connectivity index (χ1) is 15.3. The van der Waals surface area contributed by atoms with Crippen LogP contribution >= 0.6 is 11.3 Å². The molecule has 3 heterocycles. The topological polar surface area (TPSA) is 62.6 Å². The van der Waals surface area contributed by atoms with Gasteiger partial charge in [0, 0.05) is 53.7 Å². The molecule has 32 heavy (non-hydrogen) atoms. The largest absolute Gasteiger partial charge is 0.318 e. The number of Topliss-reactive ketones (excluding diaryl/α,β-unsaturated/α-hetero) is 1. The van der Waals surface area contributed by atoms with Crippen molar-refractivity contribution in [1.29, 1.82) is 0 Å². The van der Waals surface area contributed by atoms with E-state index in [-0.39, 0.29) is 5.78 Å². The first kappa shape index (κ1) is 22.9. The van der Waals surface area contributed by atoms with Crippen molar-refractivity contribution < 1.29 is 13.2 Å². The first-order valence-electron chi connectivity index (χ1n) is 10.9. The van der Waals surface area contributed by atoms with Crippen molar-refractivity contribution in [3.63, 3.8) is 0 Å². The Hall–Kier alpha value is -2.26. The normalized spacial score (nSPS) is 15.8.